The van der Waals surface area contributed by atoms with E-state index in [2.05, 4.69) is 14.9 Å². The maximum atomic E-state index is 10.6. The van der Waals surface area contributed by atoms with Gasteiger partial charge in [-0.05, 0) is 13.0 Å². The zero-order chi connectivity index (χ0) is 12.3. The Morgan fingerprint density at radius 1 is 1.53 bits per heavy atom. The third-order valence-electron chi connectivity index (χ3n) is 2.81. The van der Waals surface area contributed by atoms with Gasteiger partial charge in [-0.15, -0.1) is 0 Å². The molecule has 0 saturated carbocycles. The van der Waals surface area contributed by atoms with Crippen LogP contribution in [0.5, 0.6) is 0 Å². The topological polar surface area (TPSA) is 81.3 Å². The van der Waals surface area contributed by atoms with Gasteiger partial charge in [0.2, 0.25) is 0 Å². The van der Waals surface area contributed by atoms with E-state index >= 15 is 0 Å². The molecular formula is C11H16N4O2. The summed E-state index contributed by atoms with van der Waals surface area (Å²) in [6.07, 6.45) is 2.56. The number of ether oxygens (including phenoxy) is 1. The number of anilines is 1. The molecular weight excluding hydrogens is 220 g/mol. The van der Waals surface area contributed by atoms with Crippen LogP contribution in [0, 0.1) is 6.92 Å². The highest BCUT2D eigenvalue weighted by atomic mass is 16.6. The van der Waals surface area contributed by atoms with Crippen LogP contribution in [0.3, 0.4) is 0 Å². The van der Waals surface area contributed by atoms with Crippen LogP contribution in [0.1, 0.15) is 18.7 Å². The van der Waals surface area contributed by atoms with Crippen molar-refractivity contribution in [2.24, 2.45) is 5.73 Å². The molecule has 1 amide bonds. The molecule has 2 N–H and O–H groups in total. The Morgan fingerprint density at radius 2 is 2.24 bits per heavy atom. The Bertz CT molecular complexity index is 402. The molecule has 2 rings (SSSR count). The maximum Gasteiger partial charge on any atom is 0.404 e. The molecule has 0 radical (unpaired) electrons. The number of aromatic nitrogens is 2. The molecule has 92 valence electrons. The van der Waals surface area contributed by atoms with E-state index in [1.807, 2.05) is 13.0 Å². The molecule has 0 spiro atoms. The highest BCUT2D eigenvalue weighted by Gasteiger charge is 2.22. The number of amides is 1. The van der Waals surface area contributed by atoms with Gasteiger partial charge in [0.15, 0.2) is 0 Å². The number of piperidine rings is 1. The maximum absolute atomic E-state index is 10.6. The Kier molecular flexibility index (Phi) is 3.41. The summed E-state index contributed by atoms with van der Waals surface area (Å²) in [6, 6.07) is 1.89. The Hall–Kier alpha value is -1.85. The summed E-state index contributed by atoms with van der Waals surface area (Å²) >= 11 is 0. The van der Waals surface area contributed by atoms with E-state index in [1.54, 1.807) is 6.20 Å². The summed E-state index contributed by atoms with van der Waals surface area (Å²) in [5.74, 6) is 1.69. The van der Waals surface area contributed by atoms with Crippen LogP contribution < -0.4 is 10.6 Å². The van der Waals surface area contributed by atoms with E-state index in [4.69, 9.17) is 10.5 Å². The summed E-state index contributed by atoms with van der Waals surface area (Å²) in [4.78, 5) is 21.2. The predicted octanol–water partition coefficient (Wildman–Crippen LogP) is 0.849. The van der Waals surface area contributed by atoms with Crippen LogP contribution in [-0.2, 0) is 4.74 Å². The van der Waals surface area contributed by atoms with Crippen LogP contribution in [0.15, 0.2) is 12.3 Å². The minimum absolute atomic E-state index is 0.0633. The molecule has 1 saturated heterocycles. The number of aryl methyl sites for hydroxylation is 1. The van der Waals surface area contributed by atoms with Gasteiger partial charge < -0.3 is 15.4 Å². The van der Waals surface area contributed by atoms with E-state index in [9.17, 15) is 4.79 Å². The molecule has 1 aliphatic rings. The molecule has 1 fully saturated rings. The second-order valence-corrected chi connectivity index (χ2v) is 4.09. The van der Waals surface area contributed by atoms with E-state index in [0.29, 0.717) is 0 Å². The minimum Gasteiger partial charge on any atom is -0.446 e. The second-order valence-electron chi connectivity index (χ2n) is 4.09. The van der Waals surface area contributed by atoms with E-state index in [0.717, 1.165) is 37.6 Å². The second kappa shape index (κ2) is 4.99. The molecule has 6 heteroatoms. The summed E-state index contributed by atoms with van der Waals surface area (Å²) in [5.41, 5.74) is 4.99. The van der Waals surface area contributed by atoms with Crippen molar-refractivity contribution in [1.82, 2.24) is 9.97 Å². The lowest BCUT2D eigenvalue weighted by molar-refractivity contribution is 0.0911. The Labute approximate surface area is 99.8 Å². The van der Waals surface area contributed by atoms with Crippen LogP contribution in [0.2, 0.25) is 0 Å². The molecule has 0 aromatic carbocycles. The number of primary amides is 1. The van der Waals surface area contributed by atoms with Crippen LogP contribution >= 0.6 is 0 Å². The average Bonchev–Trinajstić information content (AvgIpc) is 2.29. The first kappa shape index (κ1) is 11.6. The fourth-order valence-electron chi connectivity index (χ4n) is 1.99. The van der Waals surface area contributed by atoms with E-state index in [-0.39, 0.29) is 6.10 Å². The lowest BCUT2D eigenvalue weighted by atomic mass is 10.1. The number of nitrogens with two attached hydrogens (primary N) is 1. The van der Waals surface area contributed by atoms with Gasteiger partial charge in [-0.25, -0.2) is 14.8 Å². The summed E-state index contributed by atoms with van der Waals surface area (Å²) in [6.45, 7) is 3.50. The fourth-order valence-corrected chi connectivity index (χ4v) is 1.99. The zero-order valence-electron chi connectivity index (χ0n) is 9.80. The molecule has 1 aromatic rings. The molecule has 0 aliphatic carbocycles. The molecule has 6 nitrogen and oxygen atoms in total. The van der Waals surface area contributed by atoms with Gasteiger partial charge in [0.1, 0.15) is 17.7 Å². The highest BCUT2D eigenvalue weighted by Crippen LogP contribution is 2.19. The lowest BCUT2D eigenvalue weighted by Crippen LogP contribution is -2.39. The smallest absolute Gasteiger partial charge is 0.404 e. The quantitative estimate of drug-likeness (QED) is 0.823. The first-order valence-corrected chi connectivity index (χ1v) is 5.66. The first-order valence-electron chi connectivity index (χ1n) is 5.66. The number of rotatable bonds is 2. The van der Waals surface area contributed by atoms with Gasteiger partial charge in [-0.3, -0.25) is 0 Å². The zero-order valence-corrected chi connectivity index (χ0v) is 9.80. The molecule has 17 heavy (non-hydrogen) atoms. The highest BCUT2D eigenvalue weighted by molar-refractivity contribution is 5.64. The van der Waals surface area contributed by atoms with Crippen LogP contribution in [-0.4, -0.2) is 35.3 Å². The molecule has 0 bridgehead atoms. The first-order chi connectivity index (χ1) is 8.15. The van der Waals surface area contributed by atoms with E-state index in [1.165, 1.54) is 0 Å². The Balaban J connectivity index is 1.93. The Morgan fingerprint density at radius 3 is 2.82 bits per heavy atom. The van der Waals surface area contributed by atoms with Gasteiger partial charge in [0, 0.05) is 32.1 Å². The van der Waals surface area contributed by atoms with Gasteiger partial charge in [0.25, 0.3) is 0 Å². The lowest BCUT2D eigenvalue weighted by Gasteiger charge is -2.32. The van der Waals surface area contributed by atoms with Crippen molar-refractivity contribution in [1.29, 1.82) is 0 Å². The fraction of sp³-hybridized carbons (Fsp3) is 0.545. The number of hydrogen-bond acceptors (Lipinski definition) is 5. The van der Waals surface area contributed by atoms with E-state index < -0.39 is 6.09 Å². The monoisotopic (exact) mass is 236 g/mol. The number of carbonyl (C=O) groups is 1. The van der Waals surface area contributed by atoms with Crippen LogP contribution in [0.4, 0.5) is 10.6 Å². The van der Waals surface area contributed by atoms with Crippen molar-refractivity contribution < 1.29 is 9.53 Å². The molecule has 1 aliphatic heterocycles. The van der Waals surface area contributed by atoms with Crippen molar-refractivity contribution in [3.8, 4) is 0 Å². The van der Waals surface area contributed by atoms with Gasteiger partial charge in [-0.2, -0.15) is 0 Å². The number of carbonyl (C=O) groups excluding carboxylic acids is 1. The molecule has 1 aromatic heterocycles. The van der Waals surface area contributed by atoms with Gasteiger partial charge >= 0.3 is 6.09 Å². The van der Waals surface area contributed by atoms with Crippen molar-refractivity contribution in [2.45, 2.75) is 25.9 Å². The number of nitrogens with zero attached hydrogens (tertiary/aromatic N) is 3. The third kappa shape index (κ3) is 3.05. The molecule has 2 heterocycles. The van der Waals surface area contributed by atoms with Crippen LogP contribution in [0.25, 0.3) is 0 Å². The summed E-state index contributed by atoms with van der Waals surface area (Å²) in [5, 5.41) is 0. The standard InChI is InChI=1S/C11H16N4O2/c1-8-13-5-2-10(14-8)15-6-3-9(4-7-15)17-11(12)16/h2,5,9H,3-4,6-7H2,1H3,(H2,12,16). The molecule has 0 atom stereocenters. The predicted molar refractivity (Wildman–Crippen MR) is 62.7 cm³/mol. The third-order valence-corrected chi connectivity index (χ3v) is 2.81. The van der Waals surface area contributed by atoms with Crippen molar-refractivity contribution in [3.05, 3.63) is 18.1 Å². The van der Waals surface area contributed by atoms with Crippen molar-refractivity contribution >= 4 is 11.9 Å². The van der Waals surface area contributed by atoms with Crippen molar-refractivity contribution in [3.63, 3.8) is 0 Å². The summed E-state index contributed by atoms with van der Waals surface area (Å²) in [7, 11) is 0. The summed E-state index contributed by atoms with van der Waals surface area (Å²) < 4.78 is 4.98. The normalized spacial score (nSPS) is 16.9. The molecule has 0 unspecified atom stereocenters. The van der Waals surface area contributed by atoms with Gasteiger partial charge in [-0.1, -0.05) is 0 Å². The number of hydrogen-bond donors (Lipinski definition) is 1. The average molecular weight is 236 g/mol. The minimum atomic E-state index is -0.693. The SMILES string of the molecule is Cc1nccc(N2CCC(OC(N)=O)CC2)n1. The largest absolute Gasteiger partial charge is 0.446 e. The van der Waals surface area contributed by atoms with Crippen molar-refractivity contribution in [2.75, 3.05) is 18.0 Å². The van der Waals surface area contributed by atoms with Gasteiger partial charge in [0.05, 0.1) is 0 Å².